The smallest absolute Gasteiger partial charge is 0.330 e. The topological polar surface area (TPSA) is 26.3 Å². The van der Waals surface area contributed by atoms with Gasteiger partial charge in [0.1, 0.15) is 5.73 Å². The molecule has 70 valence electrons. The maximum Gasteiger partial charge on any atom is 0.330 e. The molecular formula is C7H12Cl2O2Si. The van der Waals surface area contributed by atoms with Gasteiger partial charge in [0.05, 0.1) is 0 Å². The summed E-state index contributed by atoms with van der Waals surface area (Å²) in [5, 5.41) is 0. The van der Waals surface area contributed by atoms with Crippen LogP contribution in [-0.4, -0.2) is 18.4 Å². The Morgan fingerprint density at radius 1 is 1.75 bits per heavy atom. The van der Waals surface area contributed by atoms with Crippen LogP contribution in [0.1, 0.15) is 13.3 Å². The van der Waals surface area contributed by atoms with Crippen molar-refractivity contribution in [3.05, 3.63) is 12.7 Å². The Bertz CT molecular complexity index is 177. The number of carbonyl (C=O) groups excluding carboxylic acids is 1. The molecule has 0 fully saturated rings. The summed E-state index contributed by atoms with van der Waals surface area (Å²) in [6.07, 6.45) is 1.74. The van der Waals surface area contributed by atoms with E-state index in [1.807, 2.05) is 6.92 Å². The largest absolute Gasteiger partial charge is 0.460 e. The molecule has 0 aliphatic rings. The molecule has 2 nitrogen and oxygen atoms in total. The van der Waals surface area contributed by atoms with Gasteiger partial charge in [0.25, 0.3) is 6.69 Å². The summed E-state index contributed by atoms with van der Waals surface area (Å²) in [5.41, 5.74) is -0.355. The van der Waals surface area contributed by atoms with Crippen molar-refractivity contribution in [1.29, 1.82) is 0 Å². The molecule has 0 saturated heterocycles. The Morgan fingerprint density at radius 2 is 2.25 bits per heavy atom. The zero-order valence-corrected chi connectivity index (χ0v) is 9.65. The Morgan fingerprint density at radius 3 is 2.50 bits per heavy atom. The summed E-state index contributed by atoms with van der Waals surface area (Å²) in [7, 11) is 0. The predicted octanol–water partition coefficient (Wildman–Crippen LogP) is 2.58. The summed E-state index contributed by atoms with van der Waals surface area (Å²) >= 11 is 11.8. The van der Waals surface area contributed by atoms with Crippen LogP contribution in [0.15, 0.2) is 12.7 Å². The van der Waals surface area contributed by atoms with Gasteiger partial charge in [-0.3, -0.25) is 0 Å². The van der Waals surface area contributed by atoms with Gasteiger partial charge in [-0.1, -0.05) is 13.5 Å². The van der Waals surface area contributed by atoms with Crippen molar-refractivity contribution in [1.82, 2.24) is 0 Å². The zero-order chi connectivity index (χ0) is 9.78. The Hall–Kier alpha value is 0.00688. The third kappa shape index (κ3) is 4.14. The minimum absolute atomic E-state index is 0.355. The first-order valence-electron chi connectivity index (χ1n) is 3.62. The average Bonchev–Trinajstić information content (AvgIpc) is 1.97. The lowest BCUT2D eigenvalue weighted by Crippen LogP contribution is -2.36. The quantitative estimate of drug-likeness (QED) is 0.319. The second-order valence-corrected chi connectivity index (χ2v) is 10.3. The Balaban J connectivity index is 4.18. The highest BCUT2D eigenvalue weighted by Gasteiger charge is 2.34. The molecule has 5 heteroatoms. The third-order valence-corrected chi connectivity index (χ3v) is 4.48. The fourth-order valence-corrected chi connectivity index (χ4v) is 2.97. The van der Waals surface area contributed by atoms with Crippen LogP contribution in [0, 0.1) is 0 Å². The highest BCUT2D eigenvalue weighted by Crippen LogP contribution is 2.23. The van der Waals surface area contributed by atoms with Gasteiger partial charge in [-0.05, 0) is 13.0 Å². The van der Waals surface area contributed by atoms with Crippen molar-refractivity contribution in [2.24, 2.45) is 0 Å². The average molecular weight is 227 g/mol. The van der Waals surface area contributed by atoms with Gasteiger partial charge in [-0.25, -0.2) is 4.79 Å². The van der Waals surface area contributed by atoms with E-state index >= 15 is 0 Å². The van der Waals surface area contributed by atoms with Crippen LogP contribution in [0.3, 0.4) is 0 Å². The van der Waals surface area contributed by atoms with Crippen LogP contribution >= 0.6 is 22.2 Å². The first kappa shape index (κ1) is 12.0. The molecule has 0 spiro atoms. The van der Waals surface area contributed by atoms with Crippen LogP contribution in [0.25, 0.3) is 0 Å². The van der Waals surface area contributed by atoms with Gasteiger partial charge in [-0.15, -0.1) is 22.2 Å². The van der Waals surface area contributed by atoms with E-state index in [1.165, 1.54) is 0 Å². The van der Waals surface area contributed by atoms with Crippen LogP contribution in [0.2, 0.25) is 6.55 Å². The molecule has 0 heterocycles. The van der Waals surface area contributed by atoms with E-state index in [9.17, 15) is 4.79 Å². The number of hydrogen-bond acceptors (Lipinski definition) is 2. The van der Waals surface area contributed by atoms with E-state index < -0.39 is 12.7 Å². The fourth-order valence-electron chi connectivity index (χ4n) is 0.734. The van der Waals surface area contributed by atoms with E-state index in [1.54, 1.807) is 6.55 Å². The molecule has 0 amide bonds. The normalized spacial score (nSPS) is 13.7. The number of hydrogen-bond donors (Lipinski definition) is 0. The summed E-state index contributed by atoms with van der Waals surface area (Å²) in [4.78, 5) is 10.8. The molecule has 1 atom stereocenters. The number of rotatable bonds is 4. The minimum atomic E-state index is -2.41. The van der Waals surface area contributed by atoms with Crippen molar-refractivity contribution in [2.75, 3.05) is 0 Å². The summed E-state index contributed by atoms with van der Waals surface area (Å²) in [6.45, 7) is 4.47. The number of ether oxygens (including phenoxy) is 1. The third-order valence-electron chi connectivity index (χ3n) is 1.36. The molecule has 0 bridgehead atoms. The lowest BCUT2D eigenvalue weighted by atomic mass is 10.5. The molecule has 0 aromatic heterocycles. The molecular weight excluding hydrogens is 215 g/mol. The van der Waals surface area contributed by atoms with Crippen molar-refractivity contribution in [2.45, 2.75) is 25.6 Å². The molecule has 0 aliphatic carbocycles. The molecule has 0 aromatic rings. The maximum atomic E-state index is 10.8. The first-order valence-corrected chi connectivity index (χ1v) is 8.22. The SMILES string of the molecule is C=CC(=O)OC(CC)[Si](C)(Cl)Cl. The van der Waals surface area contributed by atoms with Gasteiger partial charge < -0.3 is 4.74 Å². The molecule has 0 N–H and O–H groups in total. The van der Waals surface area contributed by atoms with E-state index in [0.29, 0.717) is 6.42 Å². The monoisotopic (exact) mass is 226 g/mol. The predicted molar refractivity (Wildman–Crippen MR) is 53.7 cm³/mol. The molecule has 12 heavy (non-hydrogen) atoms. The second kappa shape index (κ2) is 4.89. The van der Waals surface area contributed by atoms with Gasteiger partial charge in [0, 0.05) is 6.08 Å². The summed E-state index contributed by atoms with van der Waals surface area (Å²) < 4.78 is 4.95. The van der Waals surface area contributed by atoms with Crippen LogP contribution < -0.4 is 0 Å². The number of esters is 1. The van der Waals surface area contributed by atoms with Crippen molar-refractivity contribution < 1.29 is 9.53 Å². The molecule has 0 radical (unpaired) electrons. The van der Waals surface area contributed by atoms with Gasteiger partial charge in [0.2, 0.25) is 0 Å². The fraction of sp³-hybridized carbons (Fsp3) is 0.571. The van der Waals surface area contributed by atoms with Gasteiger partial charge in [-0.2, -0.15) is 0 Å². The van der Waals surface area contributed by atoms with Crippen molar-refractivity contribution in [3.63, 3.8) is 0 Å². The lowest BCUT2D eigenvalue weighted by molar-refractivity contribution is -0.139. The van der Waals surface area contributed by atoms with Gasteiger partial charge >= 0.3 is 5.97 Å². The number of halogens is 2. The van der Waals surface area contributed by atoms with Crippen LogP contribution in [0.4, 0.5) is 0 Å². The van der Waals surface area contributed by atoms with Crippen molar-refractivity contribution >= 4 is 34.8 Å². The zero-order valence-electron chi connectivity index (χ0n) is 7.14. The summed E-state index contributed by atoms with van der Waals surface area (Å²) in [6, 6.07) is 0. The van der Waals surface area contributed by atoms with E-state index in [0.717, 1.165) is 6.08 Å². The van der Waals surface area contributed by atoms with Crippen molar-refractivity contribution in [3.8, 4) is 0 Å². The standard InChI is InChI=1S/C7H12Cl2O2Si/c1-4-6(10)11-7(5-2)12(3,8)9/h4,7H,1,5H2,2-3H3. The van der Waals surface area contributed by atoms with Crippen LogP contribution in [0.5, 0.6) is 0 Å². The number of carbonyl (C=O) groups is 1. The molecule has 0 aromatic carbocycles. The Kier molecular flexibility index (Phi) is 4.90. The van der Waals surface area contributed by atoms with Gasteiger partial charge in [0.15, 0.2) is 0 Å². The minimum Gasteiger partial charge on any atom is -0.460 e. The van der Waals surface area contributed by atoms with E-state index in [4.69, 9.17) is 26.9 Å². The lowest BCUT2D eigenvalue weighted by Gasteiger charge is -2.21. The molecule has 0 rings (SSSR count). The molecule has 0 saturated carbocycles. The first-order chi connectivity index (χ1) is 5.41. The van der Waals surface area contributed by atoms with E-state index in [2.05, 4.69) is 6.58 Å². The van der Waals surface area contributed by atoms with E-state index in [-0.39, 0.29) is 5.73 Å². The maximum absolute atomic E-state index is 10.8. The highest BCUT2D eigenvalue weighted by atomic mass is 35.7. The molecule has 0 aliphatic heterocycles. The molecule has 1 unspecified atom stereocenters. The second-order valence-electron chi connectivity index (χ2n) is 2.49. The highest BCUT2D eigenvalue weighted by molar-refractivity contribution is 7.45. The Labute approximate surface area is 82.9 Å². The summed E-state index contributed by atoms with van der Waals surface area (Å²) in [5.74, 6) is -0.470. The van der Waals surface area contributed by atoms with Crippen LogP contribution in [-0.2, 0) is 9.53 Å².